The van der Waals surface area contributed by atoms with Gasteiger partial charge in [0.15, 0.2) is 0 Å². The van der Waals surface area contributed by atoms with Crippen LogP contribution >= 0.6 is 0 Å². The number of alkyl carbamates (subject to hydrolysis) is 1. The van der Waals surface area contributed by atoms with Gasteiger partial charge in [0.05, 0.1) is 0 Å². The molecule has 0 spiro atoms. The Balaban J connectivity index is 1.40. The molecule has 1 atom stereocenters. The topological polar surface area (TPSA) is 54.0 Å². The summed E-state index contributed by atoms with van der Waals surface area (Å²) in [5.41, 5.74) is 1.74. The van der Waals surface area contributed by atoms with Gasteiger partial charge in [-0.05, 0) is 49.2 Å². The fourth-order valence-corrected chi connectivity index (χ4v) is 3.63. The van der Waals surface area contributed by atoms with Gasteiger partial charge in [-0.25, -0.2) is 4.79 Å². The highest BCUT2D eigenvalue weighted by molar-refractivity contribution is 5.67. The number of rotatable bonds is 8. The smallest absolute Gasteiger partial charge is 0.445 e. The normalized spacial score (nSPS) is 16.9. The number of alkyl halides is 3. The maximum absolute atomic E-state index is 12.3. The van der Waals surface area contributed by atoms with Crippen molar-refractivity contribution in [1.82, 2.24) is 10.2 Å². The Bertz CT molecular complexity index is 847. The molecule has 1 aliphatic heterocycles. The summed E-state index contributed by atoms with van der Waals surface area (Å²) in [6.07, 6.45) is -3.25. The number of likely N-dealkylation sites (tertiary alicyclic amines) is 1. The zero-order valence-corrected chi connectivity index (χ0v) is 18.0. The van der Waals surface area contributed by atoms with Crippen LogP contribution in [0.1, 0.15) is 18.4 Å². The number of piperidine rings is 1. The van der Waals surface area contributed by atoms with Gasteiger partial charge in [0.25, 0.3) is 0 Å². The molecule has 1 saturated heterocycles. The lowest BCUT2D eigenvalue weighted by molar-refractivity contribution is -0.274. The first-order valence-electron chi connectivity index (χ1n) is 10.5. The lowest BCUT2D eigenvalue weighted by Crippen LogP contribution is -2.49. The number of benzene rings is 2. The van der Waals surface area contributed by atoms with E-state index in [9.17, 15) is 18.0 Å². The third kappa shape index (κ3) is 7.96. The SMILES string of the molecule is CN(CCN1CCC[C@@H](NC(=O)OCc2ccccc2)C1)c1ccc(OC(F)(F)F)cc1. The van der Waals surface area contributed by atoms with Gasteiger partial charge in [-0.3, -0.25) is 4.90 Å². The Hall–Kier alpha value is -2.94. The molecule has 0 aromatic heterocycles. The minimum atomic E-state index is -4.69. The van der Waals surface area contributed by atoms with Crippen LogP contribution in [0.4, 0.5) is 23.7 Å². The Labute approximate surface area is 185 Å². The van der Waals surface area contributed by atoms with Gasteiger partial charge in [0.1, 0.15) is 12.4 Å². The number of carbonyl (C=O) groups is 1. The third-order valence-corrected chi connectivity index (χ3v) is 5.30. The summed E-state index contributed by atoms with van der Waals surface area (Å²) in [5, 5.41) is 2.94. The van der Waals surface area contributed by atoms with Crippen molar-refractivity contribution in [3.8, 4) is 5.75 Å². The molecule has 9 heteroatoms. The zero-order valence-electron chi connectivity index (χ0n) is 18.0. The largest absolute Gasteiger partial charge is 0.573 e. The van der Waals surface area contributed by atoms with Gasteiger partial charge < -0.3 is 19.7 Å². The first-order valence-corrected chi connectivity index (χ1v) is 10.5. The molecule has 2 aromatic carbocycles. The fraction of sp³-hybridized carbons (Fsp3) is 0.435. The van der Waals surface area contributed by atoms with E-state index in [-0.39, 0.29) is 18.4 Å². The van der Waals surface area contributed by atoms with Gasteiger partial charge in [0, 0.05) is 38.4 Å². The maximum atomic E-state index is 12.3. The molecule has 1 heterocycles. The predicted molar refractivity (Wildman–Crippen MR) is 116 cm³/mol. The van der Waals surface area contributed by atoms with Crippen LogP contribution in [-0.2, 0) is 11.3 Å². The number of amides is 1. The number of nitrogens with one attached hydrogen (secondary N) is 1. The van der Waals surface area contributed by atoms with Gasteiger partial charge >= 0.3 is 12.5 Å². The van der Waals surface area contributed by atoms with Crippen molar-refractivity contribution in [3.63, 3.8) is 0 Å². The number of hydrogen-bond donors (Lipinski definition) is 1. The maximum Gasteiger partial charge on any atom is 0.573 e. The van der Waals surface area contributed by atoms with Crippen molar-refractivity contribution in [2.45, 2.75) is 31.9 Å². The molecule has 6 nitrogen and oxygen atoms in total. The van der Waals surface area contributed by atoms with Crippen LogP contribution < -0.4 is 15.0 Å². The molecule has 1 aliphatic rings. The molecule has 0 bridgehead atoms. The quantitative estimate of drug-likeness (QED) is 0.644. The van der Waals surface area contributed by atoms with Crippen molar-refractivity contribution in [3.05, 3.63) is 60.2 Å². The first-order chi connectivity index (χ1) is 15.3. The summed E-state index contributed by atoms with van der Waals surface area (Å²) < 4.78 is 46.1. The van der Waals surface area contributed by atoms with Crippen LogP contribution in [0.15, 0.2) is 54.6 Å². The van der Waals surface area contributed by atoms with Gasteiger partial charge in [-0.2, -0.15) is 0 Å². The van der Waals surface area contributed by atoms with E-state index in [0.717, 1.165) is 43.7 Å². The van der Waals surface area contributed by atoms with Gasteiger partial charge in [-0.15, -0.1) is 13.2 Å². The summed E-state index contributed by atoms with van der Waals surface area (Å²) in [6.45, 7) is 3.37. The molecular weight excluding hydrogens is 423 g/mol. The number of likely N-dealkylation sites (N-methyl/N-ethyl adjacent to an activating group) is 1. The van der Waals surface area contributed by atoms with Crippen LogP contribution in [0.2, 0.25) is 0 Å². The number of halogens is 3. The third-order valence-electron chi connectivity index (χ3n) is 5.30. The van der Waals surface area contributed by atoms with Crippen LogP contribution in [0.25, 0.3) is 0 Å². The summed E-state index contributed by atoms with van der Waals surface area (Å²) in [6, 6.07) is 15.4. The highest BCUT2D eigenvalue weighted by Gasteiger charge is 2.31. The Morgan fingerprint density at radius 1 is 1.16 bits per heavy atom. The Morgan fingerprint density at radius 3 is 2.56 bits per heavy atom. The van der Waals surface area contributed by atoms with E-state index in [1.165, 1.54) is 12.1 Å². The molecule has 0 aliphatic carbocycles. The molecular formula is C23H28F3N3O3. The lowest BCUT2D eigenvalue weighted by atomic mass is 10.1. The molecule has 174 valence electrons. The Kier molecular flexibility index (Phi) is 8.21. The fourth-order valence-electron chi connectivity index (χ4n) is 3.63. The van der Waals surface area contributed by atoms with Crippen LogP contribution in [-0.4, -0.2) is 56.6 Å². The Morgan fingerprint density at radius 2 is 1.88 bits per heavy atom. The van der Waals surface area contributed by atoms with E-state index < -0.39 is 12.5 Å². The molecule has 0 radical (unpaired) electrons. The summed E-state index contributed by atoms with van der Waals surface area (Å²) >= 11 is 0. The highest BCUT2D eigenvalue weighted by atomic mass is 19.4. The van der Waals surface area contributed by atoms with E-state index in [1.54, 1.807) is 12.1 Å². The predicted octanol–water partition coefficient (Wildman–Crippen LogP) is 4.41. The van der Waals surface area contributed by atoms with Gasteiger partial charge in [-0.1, -0.05) is 30.3 Å². The molecule has 1 fully saturated rings. The van der Waals surface area contributed by atoms with E-state index in [0.29, 0.717) is 6.54 Å². The summed E-state index contributed by atoms with van der Waals surface area (Å²) in [4.78, 5) is 16.4. The second kappa shape index (κ2) is 11.1. The van der Waals surface area contributed by atoms with E-state index in [4.69, 9.17) is 4.74 Å². The van der Waals surface area contributed by atoms with Crippen molar-refractivity contribution in [1.29, 1.82) is 0 Å². The second-order valence-corrected chi connectivity index (χ2v) is 7.81. The number of hydrogen-bond acceptors (Lipinski definition) is 5. The summed E-state index contributed by atoms with van der Waals surface area (Å²) in [7, 11) is 1.89. The van der Waals surface area contributed by atoms with E-state index in [1.807, 2.05) is 42.3 Å². The van der Waals surface area contributed by atoms with Crippen molar-refractivity contribution in [2.24, 2.45) is 0 Å². The number of anilines is 1. The van der Waals surface area contributed by atoms with E-state index >= 15 is 0 Å². The molecule has 3 rings (SSSR count). The minimum absolute atomic E-state index is 0.0242. The van der Waals surface area contributed by atoms with Crippen molar-refractivity contribution < 1.29 is 27.4 Å². The van der Waals surface area contributed by atoms with Crippen LogP contribution in [0.3, 0.4) is 0 Å². The number of carbonyl (C=O) groups excluding carboxylic acids is 1. The van der Waals surface area contributed by atoms with E-state index in [2.05, 4.69) is 15.0 Å². The van der Waals surface area contributed by atoms with Crippen molar-refractivity contribution in [2.75, 3.05) is 38.1 Å². The summed E-state index contributed by atoms with van der Waals surface area (Å²) in [5.74, 6) is -0.237. The van der Waals surface area contributed by atoms with Crippen LogP contribution in [0.5, 0.6) is 5.75 Å². The monoisotopic (exact) mass is 451 g/mol. The molecule has 0 saturated carbocycles. The number of ether oxygens (including phenoxy) is 2. The number of nitrogens with zero attached hydrogens (tertiary/aromatic N) is 2. The molecule has 2 aromatic rings. The lowest BCUT2D eigenvalue weighted by Gasteiger charge is -2.34. The van der Waals surface area contributed by atoms with Crippen LogP contribution in [0, 0.1) is 0 Å². The molecule has 32 heavy (non-hydrogen) atoms. The highest BCUT2D eigenvalue weighted by Crippen LogP contribution is 2.25. The molecule has 0 unspecified atom stereocenters. The van der Waals surface area contributed by atoms with Crippen molar-refractivity contribution >= 4 is 11.8 Å². The van der Waals surface area contributed by atoms with Gasteiger partial charge in [0.2, 0.25) is 0 Å². The molecule has 1 N–H and O–H groups in total. The molecule has 1 amide bonds. The zero-order chi connectivity index (χ0) is 23.0. The average Bonchev–Trinajstić information content (AvgIpc) is 2.76. The first kappa shape index (κ1) is 23.7. The second-order valence-electron chi connectivity index (χ2n) is 7.81. The average molecular weight is 451 g/mol. The minimum Gasteiger partial charge on any atom is -0.445 e. The standard InChI is InChI=1S/C23H28F3N3O3/c1-28(20-9-11-21(12-10-20)32-23(24,25)26)14-15-29-13-5-8-19(16-29)27-22(30)31-17-18-6-3-2-4-7-18/h2-4,6-7,9-12,19H,5,8,13-17H2,1H3,(H,27,30)/t19-/m1/s1.